The number of hydrogen-bond donors (Lipinski definition) is 0. The smallest absolute Gasteiger partial charge is 0.0705 e. The molecule has 6 aromatic carbocycles. The summed E-state index contributed by atoms with van der Waals surface area (Å²) in [6.45, 7) is 20.1. The molecule has 0 atom stereocenters. The van der Waals surface area contributed by atoms with Crippen LogP contribution in [0.5, 0.6) is 0 Å². The van der Waals surface area contributed by atoms with Gasteiger partial charge in [-0.2, -0.15) is 0 Å². The van der Waals surface area contributed by atoms with Gasteiger partial charge in [0, 0.05) is 55.4 Å². The van der Waals surface area contributed by atoms with Crippen molar-refractivity contribution in [3.8, 4) is 67.2 Å². The molecule has 0 aliphatic rings. The van der Waals surface area contributed by atoms with Crippen LogP contribution in [0.3, 0.4) is 0 Å². The van der Waals surface area contributed by atoms with E-state index in [1.807, 2.05) is 36.8 Å². The van der Waals surface area contributed by atoms with E-state index in [0.717, 1.165) is 33.8 Å². The van der Waals surface area contributed by atoms with E-state index in [9.17, 15) is 0 Å². The zero-order chi connectivity index (χ0) is 46.7. The van der Waals surface area contributed by atoms with E-state index < -0.39 is 0 Å². The minimum Gasteiger partial charge on any atom is -0.256 e. The second-order valence-corrected chi connectivity index (χ2v) is 19.9. The van der Waals surface area contributed by atoms with E-state index in [1.165, 1.54) is 50.1 Å². The van der Waals surface area contributed by atoms with Crippen molar-refractivity contribution in [2.75, 3.05) is 0 Å². The Kier molecular flexibility index (Phi) is 16.6. The molecular weight excluding hydrogens is 991 g/mol. The summed E-state index contributed by atoms with van der Waals surface area (Å²) < 4.78 is 0. The normalized spacial score (nSPS) is 11.2. The summed E-state index contributed by atoms with van der Waals surface area (Å²) >= 11 is 0. The molecule has 0 saturated heterocycles. The van der Waals surface area contributed by atoms with Gasteiger partial charge in [0.15, 0.2) is 0 Å². The Bertz CT molecular complexity index is 2630. The summed E-state index contributed by atoms with van der Waals surface area (Å²) in [5.74, 6) is 0. The Morgan fingerprint density at radius 1 is 0.239 bits per heavy atom. The van der Waals surface area contributed by atoms with E-state index in [-0.39, 0.29) is 36.4 Å². The van der Waals surface area contributed by atoms with Crippen molar-refractivity contribution in [1.82, 2.24) is 15.0 Å². The van der Waals surface area contributed by atoms with Crippen LogP contribution >= 0.6 is 0 Å². The molecule has 0 saturated carbocycles. The maximum atomic E-state index is 4.56. The predicted molar refractivity (Wildman–Crippen MR) is 281 cm³/mol. The SMILES string of the molecule is CC(C)(C)c1ccnc(-c2cccc(-c3ccccc3)c2)c1.CC(C)(C)c1ccnc(-c2cccc(-c3ccccc3)c2)c1.CC(C)(C)c1ccnc(-c2cccc(-c3ccccc3)c2)c1.[Ir]. The molecule has 0 spiro atoms. The summed E-state index contributed by atoms with van der Waals surface area (Å²) in [6.07, 6.45) is 5.72. The summed E-state index contributed by atoms with van der Waals surface area (Å²) in [7, 11) is 0. The second kappa shape index (κ2) is 22.3. The molecule has 3 heterocycles. The molecule has 9 rings (SSSR count). The number of aromatic nitrogens is 3. The van der Waals surface area contributed by atoms with Crippen molar-refractivity contribution >= 4 is 0 Å². The topological polar surface area (TPSA) is 38.7 Å². The number of rotatable bonds is 6. The van der Waals surface area contributed by atoms with Gasteiger partial charge in [0.25, 0.3) is 0 Å². The zero-order valence-electron chi connectivity index (χ0n) is 40.5. The van der Waals surface area contributed by atoms with Crippen molar-refractivity contribution in [3.05, 3.63) is 235 Å². The molecule has 0 unspecified atom stereocenters. The molecular formula is C63H63IrN3. The number of benzene rings is 6. The third kappa shape index (κ3) is 13.7. The fourth-order valence-electron chi connectivity index (χ4n) is 7.63. The Balaban J connectivity index is 0.000000165. The molecule has 3 nitrogen and oxygen atoms in total. The average Bonchev–Trinajstić information content (AvgIpc) is 3.35. The first-order chi connectivity index (χ1) is 31.6. The molecule has 0 bridgehead atoms. The fourth-order valence-corrected chi connectivity index (χ4v) is 7.63. The standard InChI is InChI=1S/3C21H21N.Ir/c3*1-21(2,3)19-12-13-22-20(15-19)18-11-7-10-17(14-18)16-8-5-4-6-9-16;/h3*4-15H,1-3H3;. The first kappa shape index (κ1) is 49.8. The average molecular weight is 1050 g/mol. The minimum absolute atomic E-state index is 0. The van der Waals surface area contributed by atoms with Gasteiger partial charge in [0.2, 0.25) is 0 Å². The van der Waals surface area contributed by atoms with Crippen LogP contribution in [0.25, 0.3) is 67.2 Å². The quantitative estimate of drug-likeness (QED) is 0.167. The van der Waals surface area contributed by atoms with Crippen LogP contribution in [-0.4, -0.2) is 15.0 Å². The monoisotopic (exact) mass is 1050 g/mol. The Morgan fingerprint density at radius 2 is 0.463 bits per heavy atom. The van der Waals surface area contributed by atoms with Gasteiger partial charge >= 0.3 is 0 Å². The van der Waals surface area contributed by atoms with Crippen molar-refractivity contribution in [3.63, 3.8) is 0 Å². The summed E-state index contributed by atoms with van der Waals surface area (Å²) in [6, 6.07) is 70.0. The molecule has 0 aliphatic carbocycles. The maximum Gasteiger partial charge on any atom is 0.0705 e. The van der Waals surface area contributed by atoms with E-state index in [4.69, 9.17) is 0 Å². The Morgan fingerprint density at radius 3 is 0.701 bits per heavy atom. The predicted octanol–water partition coefficient (Wildman–Crippen LogP) is 17.1. The first-order valence-corrected chi connectivity index (χ1v) is 23.0. The number of pyridine rings is 3. The molecule has 67 heavy (non-hydrogen) atoms. The molecule has 3 aromatic heterocycles. The summed E-state index contributed by atoms with van der Waals surface area (Å²) in [4.78, 5) is 13.7. The van der Waals surface area contributed by atoms with Gasteiger partial charge in [-0.1, -0.05) is 208 Å². The summed E-state index contributed by atoms with van der Waals surface area (Å²) in [5, 5.41) is 0. The molecule has 0 aliphatic heterocycles. The van der Waals surface area contributed by atoms with E-state index in [0.29, 0.717) is 0 Å². The number of hydrogen-bond acceptors (Lipinski definition) is 3. The van der Waals surface area contributed by atoms with Gasteiger partial charge in [-0.3, -0.25) is 15.0 Å². The van der Waals surface area contributed by atoms with Gasteiger partial charge in [-0.15, -0.1) is 0 Å². The molecule has 0 N–H and O–H groups in total. The maximum absolute atomic E-state index is 4.56. The van der Waals surface area contributed by atoms with Crippen LogP contribution in [0.1, 0.15) is 79.0 Å². The number of nitrogens with zero attached hydrogens (tertiary/aromatic N) is 3. The van der Waals surface area contributed by atoms with Crippen LogP contribution in [0.2, 0.25) is 0 Å². The fraction of sp³-hybridized carbons (Fsp3) is 0.190. The molecule has 0 fully saturated rings. The Hall–Kier alpha value is -6.58. The van der Waals surface area contributed by atoms with E-state index >= 15 is 0 Å². The van der Waals surface area contributed by atoms with Crippen LogP contribution in [0.15, 0.2) is 219 Å². The van der Waals surface area contributed by atoms with Crippen LogP contribution in [-0.2, 0) is 36.4 Å². The van der Waals surface area contributed by atoms with Gasteiger partial charge in [-0.25, -0.2) is 0 Å². The third-order valence-electron chi connectivity index (χ3n) is 11.7. The van der Waals surface area contributed by atoms with Crippen molar-refractivity contribution in [1.29, 1.82) is 0 Å². The van der Waals surface area contributed by atoms with Gasteiger partial charge in [0.05, 0.1) is 17.1 Å². The third-order valence-corrected chi connectivity index (χ3v) is 11.7. The van der Waals surface area contributed by atoms with Gasteiger partial charge in [0.1, 0.15) is 0 Å². The summed E-state index contributed by atoms with van der Waals surface area (Å²) in [5.41, 5.74) is 18.3. The largest absolute Gasteiger partial charge is 0.256 e. The van der Waals surface area contributed by atoms with Crippen molar-refractivity contribution in [2.24, 2.45) is 0 Å². The molecule has 0 amide bonds. The zero-order valence-corrected chi connectivity index (χ0v) is 42.9. The first-order valence-electron chi connectivity index (χ1n) is 23.0. The van der Waals surface area contributed by atoms with Crippen LogP contribution < -0.4 is 0 Å². The van der Waals surface area contributed by atoms with Crippen molar-refractivity contribution < 1.29 is 20.1 Å². The molecule has 4 heteroatoms. The van der Waals surface area contributed by atoms with Crippen LogP contribution in [0.4, 0.5) is 0 Å². The van der Waals surface area contributed by atoms with E-state index in [1.54, 1.807) is 0 Å². The van der Waals surface area contributed by atoms with Gasteiger partial charge < -0.3 is 0 Å². The minimum atomic E-state index is 0. The molecule has 1 radical (unpaired) electrons. The van der Waals surface area contributed by atoms with Crippen LogP contribution in [0, 0.1) is 0 Å². The molecule has 9 aromatic rings. The van der Waals surface area contributed by atoms with Crippen molar-refractivity contribution in [2.45, 2.75) is 78.6 Å². The second-order valence-electron chi connectivity index (χ2n) is 19.9. The van der Waals surface area contributed by atoms with Gasteiger partial charge in [-0.05, 0) is 121 Å². The Labute approximate surface area is 413 Å². The molecule has 339 valence electrons. The van der Waals surface area contributed by atoms with E-state index in [2.05, 4.69) is 259 Å².